The fourth-order valence-electron chi connectivity index (χ4n) is 5.21. The van der Waals surface area contributed by atoms with Crippen LogP contribution in [0.1, 0.15) is 36.4 Å². The number of carbonyl (C=O) groups excluding carboxylic acids is 2. The van der Waals surface area contributed by atoms with Gasteiger partial charge in [-0.2, -0.15) is 4.31 Å². The lowest BCUT2D eigenvalue weighted by Gasteiger charge is -2.30. The normalized spacial score (nSPS) is 25.7. The molecule has 0 spiro atoms. The van der Waals surface area contributed by atoms with Gasteiger partial charge in [0.15, 0.2) is 9.84 Å². The predicted molar refractivity (Wildman–Crippen MR) is 137 cm³/mol. The number of likely N-dealkylation sites (tertiary alicyclic amines) is 1. The molecule has 5 rings (SSSR count). The summed E-state index contributed by atoms with van der Waals surface area (Å²) in [6, 6.07) is 10.2. The van der Waals surface area contributed by atoms with E-state index >= 15 is 0 Å². The Morgan fingerprint density at radius 3 is 2.16 bits per heavy atom. The molecule has 3 saturated heterocycles. The summed E-state index contributed by atoms with van der Waals surface area (Å²) in [5, 5.41) is 11.7. The van der Waals surface area contributed by atoms with Crippen molar-refractivity contribution in [1.82, 2.24) is 9.21 Å². The zero-order valence-corrected chi connectivity index (χ0v) is 22.1. The first-order chi connectivity index (χ1) is 17.5. The van der Waals surface area contributed by atoms with E-state index in [0.717, 1.165) is 12.8 Å². The van der Waals surface area contributed by atoms with E-state index in [0.29, 0.717) is 23.7 Å². The molecule has 0 aliphatic carbocycles. The molecule has 3 aliphatic heterocycles. The lowest BCUT2D eigenvalue weighted by molar-refractivity contribution is -0.141. The molecule has 196 valence electrons. The third kappa shape index (κ3) is 4.69. The molecule has 0 radical (unpaired) electrons. The second kappa shape index (κ2) is 9.54. The smallest absolute Gasteiger partial charge is 0.295 e. The van der Waals surface area contributed by atoms with Crippen molar-refractivity contribution in [2.45, 2.75) is 36.2 Å². The summed E-state index contributed by atoms with van der Waals surface area (Å²) in [4.78, 5) is 27.7. The zero-order valence-electron chi connectivity index (χ0n) is 19.7. The van der Waals surface area contributed by atoms with Gasteiger partial charge in [0.05, 0.1) is 28.0 Å². The Hall–Kier alpha value is -2.73. The van der Waals surface area contributed by atoms with Gasteiger partial charge in [-0.05, 0) is 61.2 Å². The second-order valence-corrected chi connectivity index (χ2v) is 14.1. The first-order valence-electron chi connectivity index (χ1n) is 11.9. The SMILES string of the molecule is O=C1C(=O)N([C@@H]2CCS(=O)(=O)C2)[C@H](c2ccc(Cl)cc2)C1=C(O)c1ccc(S(=O)(=O)N2CCCC2)cc1. The van der Waals surface area contributed by atoms with Crippen LogP contribution in [0, 0.1) is 0 Å². The van der Waals surface area contributed by atoms with Crippen LogP contribution in [-0.4, -0.2) is 73.5 Å². The van der Waals surface area contributed by atoms with E-state index < -0.39 is 49.4 Å². The number of rotatable bonds is 5. The van der Waals surface area contributed by atoms with Gasteiger partial charge < -0.3 is 10.0 Å². The number of aliphatic hydroxyl groups excluding tert-OH is 1. The monoisotopic (exact) mass is 564 g/mol. The first-order valence-corrected chi connectivity index (χ1v) is 15.5. The number of sulfonamides is 1. The molecule has 2 aromatic carbocycles. The maximum atomic E-state index is 13.2. The van der Waals surface area contributed by atoms with Crippen molar-refractivity contribution in [3.63, 3.8) is 0 Å². The minimum atomic E-state index is -3.67. The van der Waals surface area contributed by atoms with Crippen LogP contribution in [0.5, 0.6) is 0 Å². The van der Waals surface area contributed by atoms with Crippen LogP contribution in [0.3, 0.4) is 0 Å². The van der Waals surface area contributed by atoms with Crippen LogP contribution in [0.15, 0.2) is 59.0 Å². The number of hydrogen-bond donors (Lipinski definition) is 1. The average molecular weight is 565 g/mol. The molecule has 3 aliphatic rings. The number of amides is 1. The molecule has 12 heteroatoms. The lowest BCUT2D eigenvalue weighted by atomic mass is 9.95. The highest BCUT2D eigenvalue weighted by molar-refractivity contribution is 7.91. The molecule has 0 bridgehead atoms. The highest BCUT2D eigenvalue weighted by Gasteiger charge is 2.51. The maximum absolute atomic E-state index is 13.2. The topological polar surface area (TPSA) is 129 Å². The van der Waals surface area contributed by atoms with Gasteiger partial charge >= 0.3 is 0 Å². The Kier molecular flexibility index (Phi) is 6.68. The number of sulfone groups is 1. The summed E-state index contributed by atoms with van der Waals surface area (Å²) >= 11 is 6.03. The van der Waals surface area contributed by atoms with Crippen molar-refractivity contribution in [3.05, 3.63) is 70.3 Å². The average Bonchev–Trinajstić information content (AvgIpc) is 3.59. The van der Waals surface area contributed by atoms with Gasteiger partial charge in [-0.1, -0.05) is 23.7 Å². The van der Waals surface area contributed by atoms with Gasteiger partial charge in [-0.25, -0.2) is 16.8 Å². The molecule has 3 fully saturated rings. The highest BCUT2D eigenvalue weighted by atomic mass is 35.5. The fraction of sp³-hybridized carbons (Fsp3) is 0.360. The Bertz CT molecular complexity index is 1500. The lowest BCUT2D eigenvalue weighted by Crippen LogP contribution is -2.40. The van der Waals surface area contributed by atoms with Gasteiger partial charge in [-0.3, -0.25) is 9.59 Å². The fourth-order valence-corrected chi connectivity index (χ4v) is 8.57. The van der Waals surface area contributed by atoms with Crippen molar-refractivity contribution in [2.75, 3.05) is 24.6 Å². The van der Waals surface area contributed by atoms with E-state index in [2.05, 4.69) is 0 Å². The number of benzene rings is 2. The number of hydrogen-bond acceptors (Lipinski definition) is 7. The number of aliphatic hydroxyl groups is 1. The predicted octanol–water partition coefficient (Wildman–Crippen LogP) is 2.73. The molecule has 1 amide bonds. The summed E-state index contributed by atoms with van der Waals surface area (Å²) in [5.74, 6) is -2.66. The molecule has 0 saturated carbocycles. The molecule has 0 unspecified atom stereocenters. The maximum Gasteiger partial charge on any atom is 0.295 e. The van der Waals surface area contributed by atoms with Crippen LogP contribution >= 0.6 is 11.6 Å². The molecular weight excluding hydrogens is 540 g/mol. The van der Waals surface area contributed by atoms with Crippen molar-refractivity contribution in [3.8, 4) is 0 Å². The largest absolute Gasteiger partial charge is 0.507 e. The van der Waals surface area contributed by atoms with E-state index in [-0.39, 0.29) is 34.0 Å². The van der Waals surface area contributed by atoms with E-state index in [1.54, 1.807) is 24.3 Å². The molecule has 2 aromatic rings. The first kappa shape index (κ1) is 25.9. The third-order valence-corrected chi connectivity index (χ3v) is 11.0. The van der Waals surface area contributed by atoms with Gasteiger partial charge in [-0.15, -0.1) is 0 Å². The summed E-state index contributed by atoms with van der Waals surface area (Å²) < 4.78 is 51.5. The molecule has 0 aromatic heterocycles. The molecule has 9 nitrogen and oxygen atoms in total. The highest BCUT2D eigenvalue weighted by Crippen LogP contribution is 2.42. The second-order valence-electron chi connectivity index (χ2n) is 9.45. The van der Waals surface area contributed by atoms with Crippen LogP contribution in [-0.2, 0) is 29.4 Å². The van der Waals surface area contributed by atoms with Crippen LogP contribution in [0.25, 0.3) is 5.76 Å². The number of carbonyl (C=O) groups is 2. The van der Waals surface area contributed by atoms with Gasteiger partial charge in [0.2, 0.25) is 10.0 Å². The molecule has 1 N–H and O–H groups in total. The summed E-state index contributed by atoms with van der Waals surface area (Å²) in [6.45, 7) is 0.900. The Morgan fingerprint density at radius 2 is 1.59 bits per heavy atom. The van der Waals surface area contributed by atoms with Crippen molar-refractivity contribution >= 4 is 48.9 Å². The van der Waals surface area contributed by atoms with Crippen molar-refractivity contribution in [2.24, 2.45) is 0 Å². The summed E-state index contributed by atoms with van der Waals surface area (Å²) in [5.41, 5.74) is 0.464. The molecule has 2 atom stereocenters. The summed E-state index contributed by atoms with van der Waals surface area (Å²) in [7, 11) is -7.04. The number of ketones is 1. The molecule has 3 heterocycles. The number of Topliss-reactive ketones (excluding diaryl/α,β-unsaturated/α-hetero) is 1. The van der Waals surface area contributed by atoms with Gasteiger partial charge in [0, 0.05) is 29.7 Å². The van der Waals surface area contributed by atoms with Crippen LogP contribution in [0.4, 0.5) is 0 Å². The molecular formula is C25H25ClN2O7S2. The Labute approximate surface area is 220 Å². The number of halogens is 1. The number of nitrogens with zero attached hydrogens (tertiary/aromatic N) is 2. The summed E-state index contributed by atoms with van der Waals surface area (Å²) in [6.07, 6.45) is 1.78. The van der Waals surface area contributed by atoms with E-state index in [9.17, 15) is 31.5 Å². The Balaban J connectivity index is 1.57. The van der Waals surface area contributed by atoms with E-state index in [4.69, 9.17) is 11.6 Å². The standard InChI is InChI=1S/C25H25ClN2O7S2/c26-18-7-3-16(4-8-18)22-21(24(30)25(31)28(22)19-11-14-36(32,33)15-19)23(29)17-5-9-20(10-6-17)37(34,35)27-12-1-2-13-27/h3-10,19,22,29H,1-2,11-15H2/t19-,22-/m1/s1. The van der Waals surface area contributed by atoms with Crippen LogP contribution in [0.2, 0.25) is 5.02 Å². The van der Waals surface area contributed by atoms with Gasteiger partial charge in [0.25, 0.3) is 11.7 Å². The minimum Gasteiger partial charge on any atom is -0.507 e. The quantitative estimate of drug-likeness (QED) is 0.336. The Morgan fingerprint density at radius 1 is 0.973 bits per heavy atom. The van der Waals surface area contributed by atoms with Crippen molar-refractivity contribution in [1.29, 1.82) is 0 Å². The zero-order chi connectivity index (χ0) is 26.5. The van der Waals surface area contributed by atoms with Crippen LogP contribution < -0.4 is 0 Å². The van der Waals surface area contributed by atoms with E-state index in [1.807, 2.05) is 0 Å². The minimum absolute atomic E-state index is 0.0665. The molecule has 37 heavy (non-hydrogen) atoms. The van der Waals surface area contributed by atoms with Crippen molar-refractivity contribution < 1.29 is 31.5 Å². The van der Waals surface area contributed by atoms with E-state index in [1.165, 1.54) is 33.5 Å². The van der Waals surface area contributed by atoms with Gasteiger partial charge in [0.1, 0.15) is 5.76 Å². The third-order valence-electron chi connectivity index (χ3n) is 7.10.